The predicted molar refractivity (Wildman–Crippen MR) is 257 cm³/mol. The van der Waals surface area contributed by atoms with E-state index in [1.54, 1.807) is 36.9 Å². The standard InChI is InChI=1S/2C12H19N3O.2C11H12Cl2N2O/c2*1-4-15(5-2)12-10-8(3)6-9(16)11(10)13-7-14-12;2*12-9-2-1-6(3-10(9)13)7-4-15-5-8(7)11(14)16/h2*7-9,16H,4-6H2,1-3H3;2*1-3,7-8,15H,4-5H2,(H2,14,16)/t2*8-,9-;7-,8?;7-,8+/m1110/s1. The Hall–Kier alpha value is -3.86. The quantitative estimate of drug-likeness (QED) is 0.0927. The number of amides is 2. The van der Waals surface area contributed by atoms with Gasteiger partial charge in [-0.2, -0.15) is 0 Å². The van der Waals surface area contributed by atoms with E-state index in [4.69, 9.17) is 57.9 Å². The first kappa shape index (κ1) is 51.1. The number of primary amides is 2. The van der Waals surface area contributed by atoms with E-state index in [-0.39, 0.29) is 35.5 Å². The average molecular weight is 961 g/mol. The number of aliphatic hydroxyl groups excluding tert-OH is 2. The molecule has 2 saturated heterocycles. The maximum Gasteiger partial charge on any atom is 0.222 e. The van der Waals surface area contributed by atoms with Crippen LogP contribution in [0.15, 0.2) is 49.1 Å². The molecule has 8 rings (SSSR count). The summed E-state index contributed by atoms with van der Waals surface area (Å²) in [6.45, 7) is 19.2. The van der Waals surface area contributed by atoms with Gasteiger partial charge in [0.15, 0.2) is 0 Å². The van der Waals surface area contributed by atoms with E-state index >= 15 is 0 Å². The summed E-state index contributed by atoms with van der Waals surface area (Å²) in [4.78, 5) is 44.1. The third-order valence-corrected chi connectivity index (χ3v) is 14.1. The molecule has 4 heterocycles. The van der Waals surface area contributed by atoms with E-state index in [9.17, 15) is 19.8 Å². The third kappa shape index (κ3) is 11.9. The van der Waals surface area contributed by atoms with E-state index in [0.717, 1.165) is 97.4 Å². The highest BCUT2D eigenvalue weighted by molar-refractivity contribution is 6.42. The maximum atomic E-state index is 11.3. The normalized spacial score (nSPS) is 23.9. The van der Waals surface area contributed by atoms with Crippen LogP contribution in [-0.2, 0) is 9.59 Å². The van der Waals surface area contributed by atoms with E-state index in [1.807, 2.05) is 12.1 Å². The van der Waals surface area contributed by atoms with E-state index in [2.05, 4.69) is 81.9 Å². The zero-order valence-electron chi connectivity index (χ0n) is 37.4. The van der Waals surface area contributed by atoms with Crippen molar-refractivity contribution < 1.29 is 19.8 Å². The molecule has 64 heavy (non-hydrogen) atoms. The number of nitrogens with two attached hydrogens (primary N) is 2. The van der Waals surface area contributed by atoms with Gasteiger partial charge in [-0.05, 0) is 87.8 Å². The topological polar surface area (TPSA) is 209 Å². The van der Waals surface area contributed by atoms with Crippen molar-refractivity contribution in [3.05, 3.63) is 103 Å². The Morgan fingerprint density at radius 3 is 1.28 bits per heavy atom. The zero-order valence-corrected chi connectivity index (χ0v) is 40.4. The fourth-order valence-corrected chi connectivity index (χ4v) is 9.71. The summed E-state index contributed by atoms with van der Waals surface area (Å²) in [5, 5.41) is 28.2. The summed E-state index contributed by atoms with van der Waals surface area (Å²) in [5.41, 5.74) is 16.6. The molecule has 2 aromatic carbocycles. The molecule has 2 aliphatic heterocycles. The fraction of sp³-hybridized carbons (Fsp3) is 0.522. The molecule has 0 bridgehead atoms. The zero-order chi connectivity index (χ0) is 46.8. The van der Waals surface area contributed by atoms with Gasteiger partial charge in [0, 0.05) is 75.3 Å². The molecule has 0 spiro atoms. The molecule has 0 radical (unpaired) electrons. The number of anilines is 2. The summed E-state index contributed by atoms with van der Waals surface area (Å²) >= 11 is 23.6. The number of carbonyl (C=O) groups excluding carboxylic acids is 2. The summed E-state index contributed by atoms with van der Waals surface area (Å²) in [7, 11) is 0. The Morgan fingerprint density at radius 1 is 0.609 bits per heavy atom. The molecule has 8 N–H and O–H groups in total. The molecule has 348 valence electrons. The van der Waals surface area contributed by atoms with Gasteiger partial charge in [-0.15, -0.1) is 0 Å². The summed E-state index contributed by atoms with van der Waals surface area (Å²) in [6, 6.07) is 10.9. The number of aromatic nitrogens is 4. The van der Waals surface area contributed by atoms with Crippen molar-refractivity contribution in [2.45, 2.75) is 90.3 Å². The number of hydrogen-bond acceptors (Lipinski definition) is 12. The molecular weight excluding hydrogens is 898 g/mol. The Balaban J connectivity index is 0.000000161. The molecule has 4 aromatic rings. The number of carbonyl (C=O) groups is 2. The van der Waals surface area contributed by atoms with Crippen LogP contribution < -0.4 is 31.9 Å². The number of aliphatic hydroxyl groups is 2. The van der Waals surface area contributed by atoms with Crippen molar-refractivity contribution in [2.75, 3.05) is 62.2 Å². The Morgan fingerprint density at radius 2 is 0.969 bits per heavy atom. The second-order valence-electron chi connectivity index (χ2n) is 16.5. The molecule has 2 aliphatic carbocycles. The van der Waals surface area contributed by atoms with Gasteiger partial charge in [0.25, 0.3) is 0 Å². The van der Waals surface area contributed by atoms with Crippen LogP contribution in [0, 0.1) is 11.8 Å². The number of fused-ring (bicyclic) bond motifs is 2. The van der Waals surface area contributed by atoms with Gasteiger partial charge in [0.1, 0.15) is 24.3 Å². The Kier molecular flexibility index (Phi) is 18.8. The molecule has 8 atom stereocenters. The van der Waals surface area contributed by atoms with Crippen molar-refractivity contribution in [1.82, 2.24) is 30.6 Å². The van der Waals surface area contributed by atoms with Crippen LogP contribution in [0.3, 0.4) is 0 Å². The average Bonchev–Trinajstić information content (AvgIpc) is 4.09. The number of hydrogen-bond donors (Lipinski definition) is 6. The first-order valence-corrected chi connectivity index (χ1v) is 23.5. The fourth-order valence-electron chi connectivity index (χ4n) is 9.10. The highest BCUT2D eigenvalue weighted by atomic mass is 35.5. The maximum absolute atomic E-state index is 11.3. The van der Waals surface area contributed by atoms with Gasteiger partial charge in [0.2, 0.25) is 11.8 Å². The first-order chi connectivity index (χ1) is 30.6. The SMILES string of the molecule is CCN(CC)c1ncnc2c1[C@H](C)C[C@H]2O.CCN(CC)c1ncnc2c1[C@H](C)C[C@H]2O.NC(=O)C1CNC[C@@H]1c1ccc(Cl)c(Cl)c1.NC(=O)[C@@H]1CNC[C@H]1c1ccc(Cl)c(Cl)c1. The Labute approximate surface area is 396 Å². The smallest absolute Gasteiger partial charge is 0.222 e. The van der Waals surface area contributed by atoms with Crippen molar-refractivity contribution in [2.24, 2.45) is 23.3 Å². The molecule has 1 unspecified atom stereocenters. The van der Waals surface area contributed by atoms with E-state index in [1.165, 1.54) is 0 Å². The third-order valence-electron chi connectivity index (χ3n) is 12.6. The lowest BCUT2D eigenvalue weighted by molar-refractivity contribution is -0.122. The highest BCUT2D eigenvalue weighted by Gasteiger charge is 2.35. The minimum atomic E-state index is -0.415. The molecular formula is C46H62Cl4N10O4. The molecule has 18 heteroatoms. The number of benzene rings is 2. The van der Waals surface area contributed by atoms with Crippen molar-refractivity contribution >= 4 is 69.9 Å². The second kappa shape index (κ2) is 23.5. The largest absolute Gasteiger partial charge is 0.387 e. The van der Waals surface area contributed by atoms with Crippen molar-refractivity contribution in [1.29, 1.82) is 0 Å². The number of nitrogens with zero attached hydrogens (tertiary/aromatic N) is 6. The number of halogens is 4. The van der Waals surface area contributed by atoms with Crippen LogP contribution in [0.4, 0.5) is 11.6 Å². The summed E-state index contributed by atoms with van der Waals surface area (Å²) in [5.74, 6) is 1.98. The second-order valence-corrected chi connectivity index (χ2v) is 18.2. The lowest BCUT2D eigenvalue weighted by Gasteiger charge is -2.23. The van der Waals surface area contributed by atoms with Crippen molar-refractivity contribution in [3.63, 3.8) is 0 Å². The van der Waals surface area contributed by atoms with Gasteiger partial charge in [-0.1, -0.05) is 72.4 Å². The van der Waals surface area contributed by atoms with Gasteiger partial charge in [0.05, 0.1) is 55.5 Å². The van der Waals surface area contributed by atoms with E-state index in [0.29, 0.717) is 45.0 Å². The monoisotopic (exact) mass is 958 g/mol. The minimum absolute atomic E-state index is 0.0901. The van der Waals surface area contributed by atoms with Crippen molar-refractivity contribution in [3.8, 4) is 0 Å². The van der Waals surface area contributed by atoms with Crippen LogP contribution in [0.1, 0.15) is 124 Å². The highest BCUT2D eigenvalue weighted by Crippen LogP contribution is 2.44. The lowest BCUT2D eigenvalue weighted by atomic mass is 9.88. The minimum Gasteiger partial charge on any atom is -0.387 e. The van der Waals surface area contributed by atoms with Gasteiger partial charge >= 0.3 is 0 Å². The van der Waals surface area contributed by atoms with Crippen LogP contribution in [-0.4, -0.2) is 94.3 Å². The van der Waals surface area contributed by atoms with Gasteiger partial charge in [-0.3, -0.25) is 9.59 Å². The van der Waals surface area contributed by atoms with Gasteiger partial charge in [-0.25, -0.2) is 19.9 Å². The van der Waals surface area contributed by atoms with Crippen LogP contribution in [0.5, 0.6) is 0 Å². The molecule has 0 saturated carbocycles. The molecule has 4 aliphatic rings. The molecule has 2 aromatic heterocycles. The molecule has 2 amide bonds. The van der Waals surface area contributed by atoms with Crippen LogP contribution in [0.2, 0.25) is 20.1 Å². The summed E-state index contributed by atoms with van der Waals surface area (Å²) in [6.07, 6.45) is 3.83. The molecule has 14 nitrogen and oxygen atoms in total. The first-order valence-electron chi connectivity index (χ1n) is 22.0. The van der Waals surface area contributed by atoms with E-state index < -0.39 is 12.2 Å². The molecule has 2 fully saturated rings. The summed E-state index contributed by atoms with van der Waals surface area (Å²) < 4.78 is 0. The number of rotatable bonds is 10. The predicted octanol–water partition coefficient (Wildman–Crippen LogP) is 7.29. The Bertz CT molecular complexity index is 2060. The van der Waals surface area contributed by atoms with Crippen LogP contribution in [0.25, 0.3) is 0 Å². The van der Waals surface area contributed by atoms with Crippen LogP contribution >= 0.6 is 46.4 Å². The lowest BCUT2D eigenvalue weighted by Crippen LogP contribution is -2.28. The number of nitrogens with one attached hydrogen (secondary N) is 2. The van der Waals surface area contributed by atoms with Gasteiger partial charge < -0.3 is 42.1 Å².